The highest BCUT2D eigenvalue weighted by atomic mass is 16.5. The number of hydrogen-bond acceptors (Lipinski definition) is 4. The molecule has 1 aromatic heterocycles. The molecule has 0 atom stereocenters. The van der Waals surface area contributed by atoms with E-state index in [1.165, 1.54) is 0 Å². The minimum Gasteiger partial charge on any atom is -0.487 e. The van der Waals surface area contributed by atoms with Crippen molar-refractivity contribution in [3.63, 3.8) is 0 Å². The van der Waals surface area contributed by atoms with E-state index in [4.69, 9.17) is 9.47 Å². The fourth-order valence-electron chi connectivity index (χ4n) is 2.12. The van der Waals surface area contributed by atoms with Crippen molar-refractivity contribution < 1.29 is 9.47 Å². The van der Waals surface area contributed by atoms with E-state index < -0.39 is 0 Å². The van der Waals surface area contributed by atoms with E-state index in [0.717, 1.165) is 36.1 Å². The number of ether oxygens (including phenoxy) is 2. The molecule has 0 aliphatic carbocycles. The van der Waals surface area contributed by atoms with E-state index in [1.54, 1.807) is 13.3 Å². The van der Waals surface area contributed by atoms with Gasteiger partial charge in [-0.1, -0.05) is 18.2 Å². The van der Waals surface area contributed by atoms with Gasteiger partial charge in [0.2, 0.25) is 0 Å². The molecule has 0 fully saturated rings. The third-order valence-corrected chi connectivity index (χ3v) is 3.40. The van der Waals surface area contributed by atoms with E-state index in [-0.39, 0.29) is 0 Å². The predicted molar refractivity (Wildman–Crippen MR) is 99.7 cm³/mol. The van der Waals surface area contributed by atoms with Crippen molar-refractivity contribution in [2.75, 3.05) is 26.8 Å². The molecule has 1 heterocycles. The van der Waals surface area contributed by atoms with Gasteiger partial charge in [-0.05, 0) is 36.8 Å². The van der Waals surface area contributed by atoms with E-state index in [9.17, 15) is 0 Å². The number of aromatic nitrogens is 1. The first kappa shape index (κ1) is 18.7. The predicted octanol–water partition coefficient (Wildman–Crippen LogP) is 2.36. The number of benzene rings is 1. The molecule has 6 nitrogen and oxygen atoms in total. The van der Waals surface area contributed by atoms with Crippen LogP contribution in [0.25, 0.3) is 0 Å². The van der Waals surface area contributed by atoms with Crippen molar-refractivity contribution in [2.24, 2.45) is 4.99 Å². The number of methoxy groups -OCH3 is 1. The maximum atomic E-state index is 5.74. The largest absolute Gasteiger partial charge is 0.487 e. The lowest BCUT2D eigenvalue weighted by Crippen LogP contribution is -2.38. The molecule has 0 unspecified atom stereocenters. The lowest BCUT2D eigenvalue weighted by molar-refractivity contribution is 0.203. The maximum absolute atomic E-state index is 5.74. The van der Waals surface area contributed by atoms with Crippen LogP contribution in [0.2, 0.25) is 0 Å². The first-order valence-electron chi connectivity index (χ1n) is 8.44. The Morgan fingerprint density at radius 3 is 2.64 bits per heavy atom. The monoisotopic (exact) mass is 342 g/mol. The molecule has 25 heavy (non-hydrogen) atoms. The van der Waals surface area contributed by atoms with Crippen molar-refractivity contribution in [1.29, 1.82) is 0 Å². The van der Waals surface area contributed by atoms with Gasteiger partial charge in [-0.2, -0.15) is 0 Å². The zero-order valence-corrected chi connectivity index (χ0v) is 14.9. The zero-order valence-electron chi connectivity index (χ0n) is 14.9. The van der Waals surface area contributed by atoms with Crippen molar-refractivity contribution in [2.45, 2.75) is 20.1 Å². The third kappa shape index (κ3) is 7.22. The summed E-state index contributed by atoms with van der Waals surface area (Å²) in [6, 6.07) is 13.8. The summed E-state index contributed by atoms with van der Waals surface area (Å²) in [4.78, 5) is 8.81. The highest BCUT2D eigenvalue weighted by molar-refractivity contribution is 5.79. The van der Waals surface area contributed by atoms with Crippen LogP contribution in [0.15, 0.2) is 53.7 Å². The molecule has 134 valence electrons. The van der Waals surface area contributed by atoms with Crippen molar-refractivity contribution in [3.05, 3.63) is 59.9 Å². The Labute approximate surface area is 149 Å². The fourth-order valence-corrected chi connectivity index (χ4v) is 2.12. The van der Waals surface area contributed by atoms with Gasteiger partial charge in [0.25, 0.3) is 0 Å². The Hall–Kier alpha value is -2.60. The van der Waals surface area contributed by atoms with E-state index >= 15 is 0 Å². The molecule has 0 saturated carbocycles. The normalized spacial score (nSPS) is 11.2. The van der Waals surface area contributed by atoms with Crippen LogP contribution in [-0.2, 0) is 17.9 Å². The van der Waals surface area contributed by atoms with Gasteiger partial charge in [0.1, 0.15) is 12.4 Å². The molecule has 0 saturated heterocycles. The second-order valence-electron chi connectivity index (χ2n) is 5.37. The summed E-state index contributed by atoms with van der Waals surface area (Å²) in [5.74, 6) is 1.61. The number of rotatable bonds is 9. The summed E-state index contributed by atoms with van der Waals surface area (Å²) < 4.78 is 10.8. The Morgan fingerprint density at radius 2 is 1.96 bits per heavy atom. The lowest BCUT2D eigenvalue weighted by atomic mass is 10.2. The van der Waals surface area contributed by atoms with Crippen LogP contribution in [0.1, 0.15) is 18.2 Å². The van der Waals surface area contributed by atoms with Gasteiger partial charge in [-0.15, -0.1) is 0 Å². The Kier molecular flexibility index (Phi) is 8.27. The number of pyridine rings is 1. The fraction of sp³-hybridized carbons (Fsp3) is 0.368. The van der Waals surface area contributed by atoms with E-state index in [1.807, 2.05) is 49.4 Å². The molecule has 0 amide bonds. The van der Waals surface area contributed by atoms with Crippen LogP contribution in [-0.4, -0.2) is 37.7 Å². The molecule has 2 rings (SSSR count). The molecule has 0 aliphatic rings. The summed E-state index contributed by atoms with van der Waals surface area (Å²) in [5, 5.41) is 6.44. The summed E-state index contributed by atoms with van der Waals surface area (Å²) in [6.45, 7) is 5.30. The van der Waals surface area contributed by atoms with Crippen LogP contribution in [0.3, 0.4) is 0 Å². The average Bonchev–Trinajstić information content (AvgIpc) is 2.66. The molecule has 0 bridgehead atoms. The van der Waals surface area contributed by atoms with Gasteiger partial charge in [-0.3, -0.25) is 4.98 Å². The van der Waals surface area contributed by atoms with Crippen LogP contribution in [0, 0.1) is 0 Å². The molecule has 2 N–H and O–H groups in total. The molecule has 0 aliphatic heterocycles. The molecular weight excluding hydrogens is 316 g/mol. The quantitative estimate of drug-likeness (QED) is 0.416. The number of nitrogens with zero attached hydrogens (tertiary/aromatic N) is 2. The topological polar surface area (TPSA) is 67.8 Å². The first-order valence-corrected chi connectivity index (χ1v) is 8.44. The average molecular weight is 342 g/mol. The van der Waals surface area contributed by atoms with Gasteiger partial charge in [0.05, 0.1) is 18.8 Å². The van der Waals surface area contributed by atoms with Crippen LogP contribution >= 0.6 is 0 Å². The maximum Gasteiger partial charge on any atom is 0.191 e. The van der Waals surface area contributed by atoms with Gasteiger partial charge in [0.15, 0.2) is 5.96 Å². The summed E-state index contributed by atoms with van der Waals surface area (Å²) in [6.07, 6.45) is 1.77. The minimum absolute atomic E-state index is 0.465. The lowest BCUT2D eigenvalue weighted by Gasteiger charge is -2.11. The van der Waals surface area contributed by atoms with Crippen LogP contribution in [0.4, 0.5) is 0 Å². The number of hydrogen-bond donors (Lipinski definition) is 2. The van der Waals surface area contributed by atoms with E-state index in [2.05, 4.69) is 20.6 Å². The van der Waals surface area contributed by atoms with Crippen molar-refractivity contribution in [3.8, 4) is 5.75 Å². The third-order valence-electron chi connectivity index (χ3n) is 3.40. The van der Waals surface area contributed by atoms with Gasteiger partial charge >= 0.3 is 0 Å². The standard InChI is InChI=1S/C19H26N4O2/c1-3-20-19(22-12-13-24-2)23-14-16-7-9-18(10-8-16)25-15-17-6-4-5-11-21-17/h4-11H,3,12-15H2,1-2H3,(H2,20,22,23). The first-order chi connectivity index (χ1) is 12.3. The summed E-state index contributed by atoms with van der Waals surface area (Å²) in [7, 11) is 1.68. The van der Waals surface area contributed by atoms with Crippen molar-refractivity contribution >= 4 is 5.96 Å². The van der Waals surface area contributed by atoms with Gasteiger partial charge in [0, 0.05) is 26.4 Å². The summed E-state index contributed by atoms with van der Waals surface area (Å²) >= 11 is 0. The SMILES string of the molecule is CCNC(=NCc1ccc(OCc2ccccn2)cc1)NCCOC. The molecule has 1 aromatic carbocycles. The molecular formula is C19H26N4O2. The van der Waals surface area contributed by atoms with Crippen LogP contribution < -0.4 is 15.4 Å². The molecule has 0 spiro atoms. The highest BCUT2D eigenvalue weighted by Gasteiger charge is 1.99. The number of guanidine groups is 1. The highest BCUT2D eigenvalue weighted by Crippen LogP contribution is 2.14. The van der Waals surface area contributed by atoms with Gasteiger partial charge in [-0.25, -0.2) is 4.99 Å². The summed E-state index contributed by atoms with van der Waals surface area (Å²) in [5.41, 5.74) is 2.03. The smallest absolute Gasteiger partial charge is 0.191 e. The van der Waals surface area contributed by atoms with Gasteiger partial charge < -0.3 is 20.1 Å². The molecule has 0 radical (unpaired) electrons. The Balaban J connectivity index is 1.84. The van der Waals surface area contributed by atoms with Crippen molar-refractivity contribution in [1.82, 2.24) is 15.6 Å². The number of aliphatic imine (C=N–C) groups is 1. The molecule has 6 heteroatoms. The second-order valence-corrected chi connectivity index (χ2v) is 5.37. The van der Waals surface area contributed by atoms with Crippen LogP contribution in [0.5, 0.6) is 5.75 Å². The Bertz CT molecular complexity index is 630. The molecule has 2 aromatic rings. The number of nitrogens with one attached hydrogen (secondary N) is 2. The second kappa shape index (κ2) is 11.0. The Morgan fingerprint density at radius 1 is 1.12 bits per heavy atom. The zero-order chi connectivity index (χ0) is 17.7. The minimum atomic E-state index is 0.465. The van der Waals surface area contributed by atoms with E-state index in [0.29, 0.717) is 19.8 Å².